The third kappa shape index (κ3) is 4.32. The van der Waals surface area contributed by atoms with Crippen LogP contribution >= 0.6 is 11.8 Å². The molecule has 4 nitrogen and oxygen atoms in total. The molecule has 0 unspecified atom stereocenters. The highest BCUT2D eigenvalue weighted by molar-refractivity contribution is 8.00. The van der Waals surface area contributed by atoms with Crippen molar-refractivity contribution >= 4 is 35.0 Å². The Balaban J connectivity index is 1.65. The van der Waals surface area contributed by atoms with Gasteiger partial charge < -0.3 is 5.32 Å². The molecule has 1 saturated heterocycles. The van der Waals surface area contributed by atoms with E-state index in [1.165, 1.54) is 22.7 Å². The van der Waals surface area contributed by atoms with Gasteiger partial charge in [0.05, 0.1) is 11.4 Å². The van der Waals surface area contributed by atoms with Gasteiger partial charge in [-0.1, -0.05) is 37.3 Å². The van der Waals surface area contributed by atoms with E-state index >= 15 is 0 Å². The minimum Gasteiger partial charge on any atom is -0.322 e. The van der Waals surface area contributed by atoms with Gasteiger partial charge in [0.1, 0.15) is 17.0 Å². The predicted octanol–water partition coefficient (Wildman–Crippen LogP) is 5.56. The second-order valence-electron chi connectivity index (χ2n) is 7.11. The van der Waals surface area contributed by atoms with Crippen LogP contribution in [0.15, 0.2) is 66.7 Å². The molecule has 1 atom stereocenters. The molecular weight excluding hydrogens is 418 g/mol. The highest BCUT2D eigenvalue weighted by Crippen LogP contribution is 2.44. The maximum Gasteiger partial charge on any atom is 0.255 e. The number of carbonyl (C=O) groups excluding carboxylic acids is 2. The smallest absolute Gasteiger partial charge is 0.255 e. The molecule has 0 aliphatic carbocycles. The summed E-state index contributed by atoms with van der Waals surface area (Å²) in [5.41, 5.74) is 2.86. The fourth-order valence-electron chi connectivity index (χ4n) is 3.50. The third-order valence-corrected chi connectivity index (χ3v) is 6.33. The van der Waals surface area contributed by atoms with Crippen LogP contribution < -0.4 is 10.2 Å². The first-order valence-electron chi connectivity index (χ1n) is 9.86. The van der Waals surface area contributed by atoms with Crippen molar-refractivity contribution < 1.29 is 18.4 Å². The average molecular weight is 438 g/mol. The van der Waals surface area contributed by atoms with Gasteiger partial charge in [-0.05, 0) is 42.3 Å². The normalized spacial score (nSPS) is 15.9. The van der Waals surface area contributed by atoms with Crippen LogP contribution in [0.2, 0.25) is 0 Å². The first-order valence-corrected chi connectivity index (χ1v) is 10.9. The number of hydrogen-bond donors (Lipinski definition) is 1. The summed E-state index contributed by atoms with van der Waals surface area (Å²) in [6, 6.07) is 17.6. The number of thioether (sulfide) groups is 1. The number of hydrogen-bond acceptors (Lipinski definition) is 3. The van der Waals surface area contributed by atoms with E-state index in [1.54, 1.807) is 36.4 Å². The van der Waals surface area contributed by atoms with Crippen molar-refractivity contribution in [3.63, 3.8) is 0 Å². The zero-order valence-corrected chi connectivity index (χ0v) is 17.6. The first kappa shape index (κ1) is 21.1. The molecule has 4 rings (SSSR count). The van der Waals surface area contributed by atoms with Gasteiger partial charge >= 0.3 is 0 Å². The lowest BCUT2D eigenvalue weighted by atomic mass is 10.1. The molecule has 1 N–H and O–H groups in total. The van der Waals surface area contributed by atoms with Gasteiger partial charge in [0, 0.05) is 22.9 Å². The molecule has 0 spiro atoms. The molecule has 7 heteroatoms. The topological polar surface area (TPSA) is 49.4 Å². The van der Waals surface area contributed by atoms with E-state index in [9.17, 15) is 18.4 Å². The number of nitrogens with zero attached hydrogens (tertiary/aromatic N) is 1. The monoisotopic (exact) mass is 438 g/mol. The zero-order chi connectivity index (χ0) is 22.0. The van der Waals surface area contributed by atoms with Crippen molar-refractivity contribution in [2.45, 2.75) is 18.7 Å². The van der Waals surface area contributed by atoms with Crippen LogP contribution in [-0.4, -0.2) is 17.6 Å². The Morgan fingerprint density at radius 1 is 1.10 bits per heavy atom. The highest BCUT2D eigenvalue weighted by atomic mass is 32.2. The molecule has 1 heterocycles. The summed E-state index contributed by atoms with van der Waals surface area (Å²) in [6.45, 7) is 2.04. The minimum atomic E-state index is -0.807. The lowest BCUT2D eigenvalue weighted by Gasteiger charge is -2.26. The number of carbonyl (C=O) groups is 2. The van der Waals surface area contributed by atoms with E-state index in [0.29, 0.717) is 16.8 Å². The number of amides is 2. The number of para-hydroxylation sites is 1. The largest absolute Gasteiger partial charge is 0.322 e. The number of nitrogens with one attached hydrogen (secondary N) is 1. The lowest BCUT2D eigenvalue weighted by Crippen LogP contribution is -2.29. The molecule has 3 aromatic carbocycles. The van der Waals surface area contributed by atoms with Crippen LogP contribution in [0.5, 0.6) is 0 Å². The number of benzene rings is 3. The third-order valence-electron chi connectivity index (χ3n) is 5.14. The second kappa shape index (κ2) is 8.89. The first-order chi connectivity index (χ1) is 15.0. The molecule has 0 saturated carbocycles. The quantitative estimate of drug-likeness (QED) is 0.568. The zero-order valence-electron chi connectivity index (χ0n) is 16.8. The van der Waals surface area contributed by atoms with Crippen LogP contribution in [0, 0.1) is 11.6 Å². The number of anilines is 2. The van der Waals surface area contributed by atoms with E-state index in [1.807, 2.05) is 19.1 Å². The van der Waals surface area contributed by atoms with Gasteiger partial charge in [-0.3, -0.25) is 14.5 Å². The Bertz CT molecular complexity index is 1130. The van der Waals surface area contributed by atoms with Crippen LogP contribution in [0.25, 0.3) is 0 Å². The van der Waals surface area contributed by atoms with E-state index < -0.39 is 17.0 Å². The summed E-state index contributed by atoms with van der Waals surface area (Å²) < 4.78 is 27.8. The molecule has 1 fully saturated rings. The van der Waals surface area contributed by atoms with Gasteiger partial charge in [0.15, 0.2) is 0 Å². The highest BCUT2D eigenvalue weighted by Gasteiger charge is 2.37. The van der Waals surface area contributed by atoms with Crippen molar-refractivity contribution in [2.75, 3.05) is 16.0 Å². The van der Waals surface area contributed by atoms with Crippen molar-refractivity contribution in [3.05, 3.63) is 95.1 Å². The SMILES string of the molecule is CCc1ccc(C(=O)Nc2ccccc2[C@H]2SCC(=O)N2c2ccc(F)cc2F)cc1. The van der Waals surface area contributed by atoms with Gasteiger partial charge in [-0.2, -0.15) is 0 Å². The average Bonchev–Trinajstić information content (AvgIpc) is 3.15. The maximum atomic E-state index is 14.4. The maximum absolute atomic E-state index is 14.4. The molecule has 0 radical (unpaired) electrons. The van der Waals surface area contributed by atoms with Crippen LogP contribution in [-0.2, 0) is 11.2 Å². The Hall–Kier alpha value is -3.19. The minimum absolute atomic E-state index is 0.0117. The predicted molar refractivity (Wildman–Crippen MR) is 119 cm³/mol. The molecule has 31 heavy (non-hydrogen) atoms. The lowest BCUT2D eigenvalue weighted by molar-refractivity contribution is -0.115. The Morgan fingerprint density at radius 3 is 2.55 bits per heavy atom. The molecular formula is C24H20F2N2O2S. The molecule has 0 bridgehead atoms. The second-order valence-corrected chi connectivity index (χ2v) is 8.18. The van der Waals surface area contributed by atoms with Gasteiger partial charge in [-0.15, -0.1) is 11.8 Å². The summed E-state index contributed by atoms with van der Waals surface area (Å²) in [7, 11) is 0. The number of aryl methyl sites for hydroxylation is 1. The Kier molecular flexibility index (Phi) is 6.04. The van der Waals surface area contributed by atoms with Crippen molar-refractivity contribution in [1.82, 2.24) is 0 Å². The fourth-order valence-corrected chi connectivity index (χ4v) is 4.71. The number of rotatable bonds is 5. The van der Waals surface area contributed by atoms with Crippen LogP contribution in [0.1, 0.15) is 33.8 Å². The van der Waals surface area contributed by atoms with Gasteiger partial charge in [-0.25, -0.2) is 8.78 Å². The van der Waals surface area contributed by atoms with Crippen molar-refractivity contribution in [1.29, 1.82) is 0 Å². The summed E-state index contributed by atoms with van der Waals surface area (Å²) in [5, 5.41) is 2.36. The van der Waals surface area contributed by atoms with Crippen LogP contribution in [0.4, 0.5) is 20.2 Å². The van der Waals surface area contributed by atoms with Crippen molar-refractivity contribution in [2.24, 2.45) is 0 Å². The summed E-state index contributed by atoms with van der Waals surface area (Å²) in [4.78, 5) is 26.7. The molecule has 158 valence electrons. The van der Waals surface area contributed by atoms with Crippen molar-refractivity contribution in [3.8, 4) is 0 Å². The van der Waals surface area contributed by atoms with Gasteiger partial charge in [0.2, 0.25) is 5.91 Å². The Labute approximate surface area is 183 Å². The van der Waals surface area contributed by atoms with E-state index in [4.69, 9.17) is 0 Å². The molecule has 0 aromatic heterocycles. The number of halogens is 2. The van der Waals surface area contributed by atoms with E-state index in [0.717, 1.165) is 24.1 Å². The molecule has 2 amide bonds. The Morgan fingerprint density at radius 2 is 1.84 bits per heavy atom. The molecule has 1 aliphatic heterocycles. The van der Waals surface area contributed by atoms with E-state index in [-0.39, 0.29) is 23.3 Å². The van der Waals surface area contributed by atoms with Crippen LogP contribution in [0.3, 0.4) is 0 Å². The van der Waals surface area contributed by atoms with E-state index in [2.05, 4.69) is 5.32 Å². The molecule has 1 aliphatic rings. The standard InChI is InChI=1S/C24H20F2N2O2S/c1-2-15-7-9-16(10-8-15)23(30)27-20-6-4-3-5-18(20)24-28(22(29)14-31-24)21-12-11-17(25)13-19(21)26/h3-13,24H,2,14H2,1H3,(H,27,30)/t24-/m1/s1. The van der Waals surface area contributed by atoms with Gasteiger partial charge in [0.25, 0.3) is 5.91 Å². The summed E-state index contributed by atoms with van der Waals surface area (Å²) >= 11 is 1.33. The fraction of sp³-hybridized carbons (Fsp3) is 0.167. The summed E-state index contributed by atoms with van der Waals surface area (Å²) in [6.07, 6.45) is 0.882. The summed E-state index contributed by atoms with van der Waals surface area (Å²) in [5.74, 6) is -1.92. The molecule has 3 aromatic rings.